The molecule has 3 amide bonds. The number of hydrogen-bond donors (Lipinski definition) is 2. The first-order valence-corrected chi connectivity index (χ1v) is 12.3. The van der Waals surface area contributed by atoms with Gasteiger partial charge in [-0.05, 0) is 74.6 Å². The number of nitrogens with one attached hydrogen (secondary N) is 2. The molecule has 174 valence electrons. The molecule has 2 aromatic rings. The zero-order valence-corrected chi connectivity index (χ0v) is 19.4. The maximum Gasteiger partial charge on any atom is 0.251 e. The van der Waals surface area contributed by atoms with Gasteiger partial charge in [0.15, 0.2) is 0 Å². The molecule has 0 radical (unpaired) electrons. The normalized spacial score (nSPS) is 16.1. The van der Waals surface area contributed by atoms with Gasteiger partial charge in [0, 0.05) is 29.9 Å². The van der Waals surface area contributed by atoms with Crippen molar-refractivity contribution in [2.24, 2.45) is 0 Å². The molecule has 1 atom stereocenters. The standard InChI is InChI=1S/C25H28FN3O3S/c1-16(33-15-23(30)27-20-8-6-19(26)7-9-20)25(32)29(22-12-13-22)14-17-2-4-18(5-3-17)24(31)28-21-10-11-21/h2-9,16,21-22H,10-15H2,1H3,(H,27,30)(H,28,31). The predicted molar refractivity (Wildman–Crippen MR) is 127 cm³/mol. The van der Waals surface area contributed by atoms with Crippen molar-refractivity contribution in [2.75, 3.05) is 11.1 Å². The maximum absolute atomic E-state index is 13.1. The number of rotatable bonds is 10. The maximum atomic E-state index is 13.1. The van der Waals surface area contributed by atoms with Gasteiger partial charge >= 0.3 is 0 Å². The lowest BCUT2D eigenvalue weighted by atomic mass is 10.1. The summed E-state index contributed by atoms with van der Waals surface area (Å²) in [5, 5.41) is 5.32. The molecule has 8 heteroatoms. The number of amides is 3. The molecule has 0 bridgehead atoms. The van der Waals surface area contributed by atoms with E-state index in [2.05, 4.69) is 10.6 Å². The number of thioether (sulfide) groups is 1. The summed E-state index contributed by atoms with van der Waals surface area (Å²) in [6.45, 7) is 2.31. The van der Waals surface area contributed by atoms with E-state index < -0.39 is 0 Å². The molecular weight excluding hydrogens is 441 g/mol. The van der Waals surface area contributed by atoms with E-state index in [0.29, 0.717) is 23.8 Å². The van der Waals surface area contributed by atoms with Gasteiger partial charge in [-0.15, -0.1) is 11.8 Å². The first-order chi connectivity index (χ1) is 15.9. The zero-order valence-electron chi connectivity index (χ0n) is 18.6. The lowest BCUT2D eigenvalue weighted by molar-refractivity contribution is -0.131. The summed E-state index contributed by atoms with van der Waals surface area (Å²) >= 11 is 1.29. The van der Waals surface area contributed by atoms with Crippen LogP contribution in [0.25, 0.3) is 0 Å². The van der Waals surface area contributed by atoms with Crippen LogP contribution in [0.15, 0.2) is 48.5 Å². The topological polar surface area (TPSA) is 78.5 Å². The second-order valence-electron chi connectivity index (χ2n) is 8.65. The highest BCUT2D eigenvalue weighted by Gasteiger charge is 2.35. The van der Waals surface area contributed by atoms with E-state index in [1.165, 1.54) is 36.0 Å². The van der Waals surface area contributed by atoms with E-state index in [4.69, 9.17) is 0 Å². The molecule has 6 nitrogen and oxygen atoms in total. The minimum atomic E-state index is -0.367. The third-order valence-corrected chi connectivity index (χ3v) is 6.82. The summed E-state index contributed by atoms with van der Waals surface area (Å²) in [5.41, 5.74) is 2.13. The van der Waals surface area contributed by atoms with Gasteiger partial charge in [-0.1, -0.05) is 12.1 Å². The van der Waals surface area contributed by atoms with E-state index in [1.807, 2.05) is 24.0 Å². The molecular formula is C25H28FN3O3S. The highest BCUT2D eigenvalue weighted by atomic mass is 32.2. The fourth-order valence-electron chi connectivity index (χ4n) is 3.46. The van der Waals surface area contributed by atoms with E-state index >= 15 is 0 Å². The van der Waals surface area contributed by atoms with Crippen LogP contribution in [0.3, 0.4) is 0 Å². The van der Waals surface area contributed by atoms with Crippen LogP contribution in [0.5, 0.6) is 0 Å². The Kier molecular flexibility index (Phi) is 7.33. The minimum Gasteiger partial charge on any atom is -0.349 e. The Morgan fingerprint density at radius 2 is 1.70 bits per heavy atom. The van der Waals surface area contributed by atoms with Crippen molar-refractivity contribution in [3.8, 4) is 0 Å². The van der Waals surface area contributed by atoms with Gasteiger partial charge in [-0.3, -0.25) is 14.4 Å². The largest absolute Gasteiger partial charge is 0.349 e. The van der Waals surface area contributed by atoms with Crippen LogP contribution in [0.2, 0.25) is 0 Å². The van der Waals surface area contributed by atoms with Crippen LogP contribution in [0.4, 0.5) is 10.1 Å². The number of nitrogens with zero attached hydrogens (tertiary/aromatic N) is 1. The average Bonchev–Trinajstić information content (AvgIpc) is 3.72. The Morgan fingerprint density at radius 1 is 1.03 bits per heavy atom. The van der Waals surface area contributed by atoms with Gasteiger partial charge in [-0.25, -0.2) is 4.39 Å². The van der Waals surface area contributed by atoms with Gasteiger partial charge in [0.2, 0.25) is 11.8 Å². The number of benzene rings is 2. The number of hydrogen-bond acceptors (Lipinski definition) is 4. The van der Waals surface area contributed by atoms with Gasteiger partial charge < -0.3 is 15.5 Å². The number of carbonyl (C=O) groups excluding carboxylic acids is 3. The summed E-state index contributed by atoms with van der Waals surface area (Å²) in [6.07, 6.45) is 4.06. The molecule has 2 N–H and O–H groups in total. The van der Waals surface area contributed by atoms with Crippen molar-refractivity contribution in [3.63, 3.8) is 0 Å². The van der Waals surface area contributed by atoms with Gasteiger partial charge in [0.25, 0.3) is 5.91 Å². The van der Waals surface area contributed by atoms with Crippen LogP contribution < -0.4 is 10.6 Å². The fourth-order valence-corrected chi connectivity index (χ4v) is 4.22. The molecule has 2 aliphatic carbocycles. The SMILES string of the molecule is CC(SCC(=O)Nc1ccc(F)cc1)C(=O)N(Cc1ccc(C(=O)NC2CC2)cc1)C1CC1. The minimum absolute atomic E-state index is 0.00707. The van der Waals surface area contributed by atoms with Crippen LogP contribution in [-0.4, -0.2) is 45.7 Å². The van der Waals surface area contributed by atoms with Crippen molar-refractivity contribution in [1.29, 1.82) is 0 Å². The van der Waals surface area contributed by atoms with E-state index in [1.54, 1.807) is 12.1 Å². The molecule has 0 saturated heterocycles. The molecule has 2 fully saturated rings. The van der Waals surface area contributed by atoms with Crippen molar-refractivity contribution in [2.45, 2.75) is 56.5 Å². The molecule has 2 saturated carbocycles. The van der Waals surface area contributed by atoms with E-state index in [9.17, 15) is 18.8 Å². The average molecular weight is 470 g/mol. The third-order valence-electron chi connectivity index (χ3n) is 5.69. The molecule has 33 heavy (non-hydrogen) atoms. The van der Waals surface area contributed by atoms with Crippen molar-refractivity contribution in [3.05, 3.63) is 65.5 Å². The van der Waals surface area contributed by atoms with Gasteiger partial charge in [-0.2, -0.15) is 0 Å². The highest BCUT2D eigenvalue weighted by Crippen LogP contribution is 2.30. The summed E-state index contributed by atoms with van der Waals surface area (Å²) < 4.78 is 13.0. The smallest absolute Gasteiger partial charge is 0.251 e. The summed E-state index contributed by atoms with van der Waals surface area (Å²) in [7, 11) is 0. The number of carbonyl (C=O) groups is 3. The first kappa shape index (κ1) is 23.3. The van der Waals surface area contributed by atoms with Crippen molar-refractivity contribution < 1.29 is 18.8 Å². The summed E-state index contributed by atoms with van der Waals surface area (Å²) in [4.78, 5) is 39.4. The van der Waals surface area contributed by atoms with E-state index in [-0.39, 0.29) is 40.6 Å². The molecule has 1 unspecified atom stereocenters. The highest BCUT2D eigenvalue weighted by molar-refractivity contribution is 8.01. The Morgan fingerprint density at radius 3 is 2.30 bits per heavy atom. The number of anilines is 1. The third kappa shape index (κ3) is 6.81. The Hall–Kier alpha value is -2.87. The molecule has 2 aromatic carbocycles. The summed E-state index contributed by atoms with van der Waals surface area (Å²) in [6, 6.07) is 13.5. The van der Waals surface area contributed by atoms with Crippen LogP contribution in [-0.2, 0) is 16.1 Å². The summed E-state index contributed by atoms with van der Waals surface area (Å²) in [5.74, 6) is -0.508. The molecule has 0 spiro atoms. The number of halogens is 1. The van der Waals surface area contributed by atoms with Crippen LogP contribution >= 0.6 is 11.8 Å². The van der Waals surface area contributed by atoms with E-state index in [0.717, 1.165) is 31.2 Å². The fraction of sp³-hybridized carbons (Fsp3) is 0.400. The molecule has 0 aliphatic heterocycles. The molecule has 2 aliphatic rings. The second kappa shape index (κ2) is 10.4. The van der Waals surface area contributed by atoms with Crippen LogP contribution in [0.1, 0.15) is 48.5 Å². The Labute approximate surface area is 197 Å². The van der Waals surface area contributed by atoms with Gasteiger partial charge in [0.05, 0.1) is 11.0 Å². The van der Waals surface area contributed by atoms with Crippen molar-refractivity contribution >= 4 is 35.2 Å². The Bertz CT molecular complexity index is 1000. The predicted octanol–water partition coefficient (Wildman–Crippen LogP) is 3.97. The van der Waals surface area contributed by atoms with Crippen molar-refractivity contribution in [1.82, 2.24) is 10.2 Å². The van der Waals surface area contributed by atoms with Gasteiger partial charge in [0.1, 0.15) is 5.82 Å². The second-order valence-corrected chi connectivity index (χ2v) is 9.98. The Balaban J connectivity index is 1.28. The first-order valence-electron chi connectivity index (χ1n) is 11.3. The molecule has 0 heterocycles. The quantitative estimate of drug-likeness (QED) is 0.552. The van der Waals surface area contributed by atoms with Crippen LogP contribution in [0, 0.1) is 5.82 Å². The molecule has 0 aromatic heterocycles. The molecule has 4 rings (SSSR count). The lowest BCUT2D eigenvalue weighted by Gasteiger charge is -2.26. The zero-order chi connectivity index (χ0) is 23.4. The lowest BCUT2D eigenvalue weighted by Crippen LogP contribution is -2.38. The monoisotopic (exact) mass is 469 g/mol.